The number of rotatable bonds is 7. The summed E-state index contributed by atoms with van der Waals surface area (Å²) in [6.07, 6.45) is -2.62. The van der Waals surface area contributed by atoms with Crippen LogP contribution < -0.4 is 0 Å². The Bertz CT molecular complexity index is 591. The van der Waals surface area contributed by atoms with E-state index in [0.717, 1.165) is 4.90 Å². The smallest absolute Gasteiger partial charge is 0.278 e. The van der Waals surface area contributed by atoms with Gasteiger partial charge in [-0.2, -0.15) is 4.39 Å². The van der Waals surface area contributed by atoms with E-state index in [9.17, 15) is 33.4 Å². The molecule has 0 fully saturated rings. The third kappa shape index (κ3) is 3.76. The van der Waals surface area contributed by atoms with Crippen LogP contribution in [0.3, 0.4) is 0 Å². The molecule has 0 radical (unpaired) electrons. The number of alkyl halides is 3. The lowest BCUT2D eigenvalue weighted by molar-refractivity contribution is -0.603. The normalized spacial score (nSPS) is 24.4. The zero-order valence-corrected chi connectivity index (χ0v) is 12.5. The number of nitro groups is 2. The molecule has 0 aromatic heterocycles. The maximum absolute atomic E-state index is 14.9. The van der Waals surface area contributed by atoms with E-state index in [1.165, 1.54) is 6.92 Å². The quantitative estimate of drug-likeness (QED) is 0.309. The van der Waals surface area contributed by atoms with Gasteiger partial charge >= 0.3 is 5.79 Å². The Kier molecular flexibility index (Phi) is 5.65. The van der Waals surface area contributed by atoms with E-state index in [2.05, 4.69) is 6.58 Å². The van der Waals surface area contributed by atoms with Crippen molar-refractivity contribution in [2.24, 2.45) is 0 Å². The topological polar surface area (TPSA) is 89.5 Å². The summed E-state index contributed by atoms with van der Waals surface area (Å²) >= 11 is 0. The summed E-state index contributed by atoms with van der Waals surface area (Å²) in [7, 11) is 0. The summed E-state index contributed by atoms with van der Waals surface area (Å²) in [6, 6.07) is -1.93. The number of hydrogen-bond donors (Lipinski definition) is 0. The molecule has 0 aromatic carbocycles. The van der Waals surface area contributed by atoms with E-state index in [4.69, 9.17) is 0 Å². The van der Waals surface area contributed by atoms with Crippen LogP contribution in [0.2, 0.25) is 0 Å². The largest absolute Gasteiger partial charge is 0.404 e. The molecular weight excluding hydrogens is 319 g/mol. The van der Waals surface area contributed by atoms with Crippen LogP contribution in [0.25, 0.3) is 0 Å². The molecule has 10 heteroatoms. The van der Waals surface area contributed by atoms with Crippen LogP contribution in [0.15, 0.2) is 35.6 Å². The summed E-state index contributed by atoms with van der Waals surface area (Å²) in [4.78, 5) is 21.0. The number of likely N-dealkylation sites (N-methyl/N-ethyl adjacent to an activating group) is 1. The molecule has 2 atom stereocenters. The second-order valence-corrected chi connectivity index (χ2v) is 5.18. The van der Waals surface area contributed by atoms with Gasteiger partial charge in [-0.05, 0) is 13.5 Å². The van der Waals surface area contributed by atoms with E-state index in [-0.39, 0.29) is 19.2 Å². The zero-order valence-electron chi connectivity index (χ0n) is 12.5. The minimum absolute atomic E-state index is 0.0278. The SMILES string of the molecule is C=C(C)CN(CC)C1C([N+](=O)[O-])=CC(C(F)F)=CC1(F)[N+](=O)[O-]. The van der Waals surface area contributed by atoms with E-state index in [1.54, 1.807) is 6.92 Å². The van der Waals surface area contributed by atoms with Crippen LogP contribution in [-0.2, 0) is 0 Å². The van der Waals surface area contributed by atoms with Gasteiger partial charge in [-0.25, -0.2) is 8.78 Å². The molecule has 0 amide bonds. The highest BCUT2D eigenvalue weighted by Crippen LogP contribution is 2.37. The number of hydrogen-bond acceptors (Lipinski definition) is 5. The van der Waals surface area contributed by atoms with Crippen molar-refractivity contribution in [2.45, 2.75) is 32.1 Å². The van der Waals surface area contributed by atoms with Crippen LogP contribution >= 0.6 is 0 Å². The molecule has 0 saturated heterocycles. The van der Waals surface area contributed by atoms with Gasteiger partial charge < -0.3 is 0 Å². The minimum atomic E-state index is -3.53. The Morgan fingerprint density at radius 1 is 1.48 bits per heavy atom. The first kappa shape index (κ1) is 18.8. The first-order valence-corrected chi connectivity index (χ1v) is 6.63. The molecule has 7 nitrogen and oxygen atoms in total. The molecule has 0 bridgehead atoms. The number of halogens is 3. The summed E-state index contributed by atoms with van der Waals surface area (Å²) in [5, 5.41) is 22.3. The highest BCUT2D eigenvalue weighted by molar-refractivity contribution is 5.35. The van der Waals surface area contributed by atoms with Crippen LogP contribution in [0.1, 0.15) is 13.8 Å². The fourth-order valence-corrected chi connectivity index (χ4v) is 2.42. The molecule has 0 aromatic rings. The maximum Gasteiger partial charge on any atom is 0.404 e. The minimum Gasteiger partial charge on any atom is -0.278 e. The molecular formula is C13H16F3N3O4. The Morgan fingerprint density at radius 2 is 2.04 bits per heavy atom. The Labute approximate surface area is 130 Å². The first-order valence-electron chi connectivity index (χ1n) is 6.63. The summed E-state index contributed by atoms with van der Waals surface area (Å²) in [5.41, 5.74) is -1.58. The molecule has 0 saturated carbocycles. The first-order chi connectivity index (χ1) is 10.5. The molecule has 23 heavy (non-hydrogen) atoms. The van der Waals surface area contributed by atoms with Crippen LogP contribution in [0.5, 0.6) is 0 Å². The van der Waals surface area contributed by atoms with E-state index >= 15 is 0 Å². The summed E-state index contributed by atoms with van der Waals surface area (Å²) in [6.45, 7) is 6.64. The zero-order chi connectivity index (χ0) is 17.9. The van der Waals surface area contributed by atoms with Crippen molar-refractivity contribution in [1.82, 2.24) is 4.90 Å². The lowest BCUT2D eigenvalue weighted by Gasteiger charge is -2.34. The molecule has 1 aliphatic carbocycles. The summed E-state index contributed by atoms with van der Waals surface area (Å²) < 4.78 is 40.6. The van der Waals surface area contributed by atoms with Gasteiger partial charge in [0.05, 0.1) is 9.85 Å². The van der Waals surface area contributed by atoms with Gasteiger partial charge in [0.25, 0.3) is 12.1 Å². The lowest BCUT2D eigenvalue weighted by Crippen LogP contribution is -2.57. The van der Waals surface area contributed by atoms with Gasteiger partial charge in [-0.3, -0.25) is 25.1 Å². The highest BCUT2D eigenvalue weighted by Gasteiger charge is 2.60. The predicted octanol–water partition coefficient (Wildman–Crippen LogP) is 2.56. The second kappa shape index (κ2) is 6.90. The van der Waals surface area contributed by atoms with Crippen molar-refractivity contribution in [1.29, 1.82) is 0 Å². The average Bonchev–Trinajstić information content (AvgIpc) is 2.43. The van der Waals surface area contributed by atoms with Crippen molar-refractivity contribution < 1.29 is 23.0 Å². The van der Waals surface area contributed by atoms with Crippen LogP contribution in [-0.4, -0.2) is 46.1 Å². The van der Waals surface area contributed by atoms with Crippen molar-refractivity contribution in [3.8, 4) is 0 Å². The van der Waals surface area contributed by atoms with Gasteiger partial charge in [0.2, 0.25) is 6.04 Å². The molecule has 0 spiro atoms. The lowest BCUT2D eigenvalue weighted by atomic mass is 9.91. The fraction of sp³-hybridized carbons (Fsp3) is 0.538. The Morgan fingerprint density at radius 3 is 2.39 bits per heavy atom. The fourth-order valence-electron chi connectivity index (χ4n) is 2.42. The third-order valence-corrected chi connectivity index (χ3v) is 3.33. The van der Waals surface area contributed by atoms with E-state index in [0.29, 0.717) is 11.6 Å². The molecule has 1 aliphatic rings. The van der Waals surface area contributed by atoms with E-state index < -0.39 is 39.4 Å². The molecule has 2 unspecified atom stereocenters. The van der Waals surface area contributed by atoms with Gasteiger partial charge in [0, 0.05) is 24.3 Å². The standard InChI is InChI=1S/C13H16F3N3O4/c1-4-17(7-8(2)3)11-10(18(20)21)5-9(12(14)15)6-13(11,16)19(22)23/h5-6,11-12H,2,4,7H2,1,3H3. The van der Waals surface area contributed by atoms with Crippen LogP contribution in [0, 0.1) is 20.2 Å². The average molecular weight is 335 g/mol. The number of nitrogens with zero attached hydrogens (tertiary/aromatic N) is 3. The van der Waals surface area contributed by atoms with Crippen molar-refractivity contribution >= 4 is 0 Å². The molecule has 0 aliphatic heterocycles. The third-order valence-electron chi connectivity index (χ3n) is 3.33. The molecule has 128 valence electrons. The maximum atomic E-state index is 14.9. The molecule has 0 heterocycles. The molecule has 0 N–H and O–H groups in total. The second-order valence-electron chi connectivity index (χ2n) is 5.18. The predicted molar refractivity (Wildman–Crippen MR) is 75.8 cm³/mol. The Balaban J connectivity index is 3.54. The van der Waals surface area contributed by atoms with Crippen molar-refractivity contribution in [2.75, 3.05) is 13.1 Å². The number of allylic oxidation sites excluding steroid dienone is 2. The van der Waals surface area contributed by atoms with Crippen LogP contribution in [0.4, 0.5) is 13.2 Å². The molecule has 1 rings (SSSR count). The van der Waals surface area contributed by atoms with Crippen molar-refractivity contribution in [3.05, 3.63) is 55.8 Å². The van der Waals surface area contributed by atoms with Gasteiger partial charge in [-0.15, -0.1) is 0 Å². The Hall–Kier alpha value is -2.23. The van der Waals surface area contributed by atoms with E-state index in [1.807, 2.05) is 0 Å². The van der Waals surface area contributed by atoms with Gasteiger partial charge in [0.1, 0.15) is 0 Å². The van der Waals surface area contributed by atoms with Crippen molar-refractivity contribution in [3.63, 3.8) is 0 Å². The summed E-state index contributed by atoms with van der Waals surface area (Å²) in [5.74, 6) is -3.53. The monoisotopic (exact) mass is 335 g/mol. The van der Waals surface area contributed by atoms with Gasteiger partial charge in [0.15, 0.2) is 0 Å². The van der Waals surface area contributed by atoms with Gasteiger partial charge in [-0.1, -0.05) is 19.1 Å². The highest BCUT2D eigenvalue weighted by atomic mass is 19.3.